The molecule has 156 valence electrons. The predicted octanol–water partition coefficient (Wildman–Crippen LogP) is 8.82. The Labute approximate surface area is 175 Å². The smallest absolute Gasteiger partial charge is 0.00253 e. The molecule has 0 bridgehead atoms. The molecule has 1 aliphatic carbocycles. The fraction of sp³-hybridized carbons (Fsp3) is 0.643. The van der Waals surface area contributed by atoms with Crippen LogP contribution in [-0.4, -0.2) is 0 Å². The molecule has 0 heteroatoms. The van der Waals surface area contributed by atoms with Gasteiger partial charge in [-0.3, -0.25) is 0 Å². The number of hydrogen-bond acceptors (Lipinski definition) is 0. The van der Waals surface area contributed by atoms with E-state index in [1.807, 2.05) is 0 Å². The highest BCUT2D eigenvalue weighted by molar-refractivity contribution is 5.77. The van der Waals surface area contributed by atoms with E-state index in [0.29, 0.717) is 0 Å². The first-order valence-corrected chi connectivity index (χ1v) is 10.9. The molecule has 2 rings (SSSR count). The second-order valence-electron chi connectivity index (χ2n) is 13.0. The summed E-state index contributed by atoms with van der Waals surface area (Å²) >= 11 is 0. The minimum Gasteiger partial charge on any atom is -0.0691 e. The number of rotatable bonds is 1. The number of allylic oxidation sites excluding steroid dienone is 4. The Morgan fingerprint density at radius 3 is 1.68 bits per heavy atom. The van der Waals surface area contributed by atoms with Crippen LogP contribution in [0.25, 0.3) is 5.57 Å². The van der Waals surface area contributed by atoms with E-state index >= 15 is 0 Å². The molecule has 0 atom stereocenters. The summed E-state index contributed by atoms with van der Waals surface area (Å²) in [5.74, 6) is 0. The van der Waals surface area contributed by atoms with E-state index in [1.54, 1.807) is 5.57 Å². The molecule has 0 radical (unpaired) electrons. The molecule has 0 fully saturated rings. The second kappa shape index (κ2) is 6.89. The minimum atomic E-state index is 0.102. The monoisotopic (exact) mass is 380 g/mol. The zero-order chi connectivity index (χ0) is 21.8. The third-order valence-corrected chi connectivity index (χ3v) is 6.90. The Bertz CT molecular complexity index is 757. The Balaban J connectivity index is 2.79. The van der Waals surface area contributed by atoms with Crippen LogP contribution in [0.1, 0.15) is 101 Å². The van der Waals surface area contributed by atoms with Crippen molar-refractivity contribution in [2.24, 2.45) is 21.7 Å². The lowest BCUT2D eigenvalue weighted by molar-refractivity contribution is 0.0131. The largest absolute Gasteiger partial charge is 0.0691 e. The van der Waals surface area contributed by atoms with Gasteiger partial charge in [0, 0.05) is 5.41 Å². The summed E-state index contributed by atoms with van der Waals surface area (Å²) < 4.78 is 0. The molecule has 1 aliphatic rings. The van der Waals surface area contributed by atoms with Crippen molar-refractivity contribution in [1.82, 2.24) is 0 Å². The lowest BCUT2D eigenvalue weighted by Crippen LogP contribution is -2.47. The van der Waals surface area contributed by atoms with Crippen LogP contribution in [0.2, 0.25) is 0 Å². The van der Waals surface area contributed by atoms with E-state index in [9.17, 15) is 0 Å². The van der Waals surface area contributed by atoms with E-state index in [-0.39, 0.29) is 27.1 Å². The van der Waals surface area contributed by atoms with Gasteiger partial charge in [-0.05, 0) is 44.8 Å². The van der Waals surface area contributed by atoms with Gasteiger partial charge in [0.1, 0.15) is 0 Å². The Morgan fingerprint density at radius 1 is 0.714 bits per heavy atom. The molecule has 0 nitrogen and oxygen atoms in total. The zero-order valence-corrected chi connectivity index (χ0v) is 20.7. The van der Waals surface area contributed by atoms with Crippen LogP contribution < -0.4 is 0 Å². The van der Waals surface area contributed by atoms with E-state index in [4.69, 9.17) is 0 Å². The number of benzene rings is 1. The van der Waals surface area contributed by atoms with E-state index in [1.165, 1.54) is 16.7 Å². The van der Waals surface area contributed by atoms with Gasteiger partial charge in [-0.25, -0.2) is 0 Å². The minimum absolute atomic E-state index is 0.102. The molecule has 28 heavy (non-hydrogen) atoms. The second-order valence-corrected chi connectivity index (χ2v) is 13.0. The van der Waals surface area contributed by atoms with Gasteiger partial charge >= 0.3 is 0 Å². The normalized spacial score (nSPS) is 18.6. The van der Waals surface area contributed by atoms with Crippen molar-refractivity contribution in [2.75, 3.05) is 0 Å². The quantitative estimate of drug-likeness (QED) is 0.456. The zero-order valence-electron chi connectivity index (χ0n) is 20.7. The van der Waals surface area contributed by atoms with Crippen LogP contribution in [0, 0.1) is 21.7 Å². The highest BCUT2D eigenvalue weighted by Crippen LogP contribution is 2.60. The molecule has 1 aromatic carbocycles. The fourth-order valence-corrected chi connectivity index (χ4v) is 4.80. The first-order chi connectivity index (χ1) is 12.4. The Morgan fingerprint density at radius 2 is 1.25 bits per heavy atom. The summed E-state index contributed by atoms with van der Waals surface area (Å²) in [6, 6.07) is 9.19. The molecule has 0 amide bonds. The lowest BCUT2D eigenvalue weighted by Gasteiger charge is -2.55. The third-order valence-electron chi connectivity index (χ3n) is 6.90. The maximum Gasteiger partial charge on any atom is 0.00253 e. The van der Waals surface area contributed by atoms with Gasteiger partial charge < -0.3 is 0 Å². The van der Waals surface area contributed by atoms with Gasteiger partial charge in [0.2, 0.25) is 0 Å². The maximum atomic E-state index is 2.62. The average molecular weight is 381 g/mol. The van der Waals surface area contributed by atoms with Crippen molar-refractivity contribution in [1.29, 1.82) is 0 Å². The van der Waals surface area contributed by atoms with Crippen LogP contribution in [-0.2, 0) is 5.41 Å². The standard InChI is InChI=1S/C28H44/c1-24(2,3)22-15-13-14-20(16-22)21-17-23(25(4,5)6)19-28(18-21,26(7,8)9)27(10,11)12/h13-18H,19H2,1-12H3. The van der Waals surface area contributed by atoms with Gasteiger partial charge in [-0.1, -0.05) is 125 Å². The van der Waals surface area contributed by atoms with Gasteiger partial charge in [0.25, 0.3) is 0 Å². The molecule has 1 aromatic rings. The van der Waals surface area contributed by atoms with Crippen molar-refractivity contribution >= 4 is 5.57 Å². The van der Waals surface area contributed by atoms with Crippen LogP contribution in [0.5, 0.6) is 0 Å². The molecule has 0 aliphatic heterocycles. The highest BCUT2D eigenvalue weighted by Gasteiger charge is 2.51. The number of hydrogen-bond donors (Lipinski definition) is 0. The lowest BCUT2D eigenvalue weighted by atomic mass is 9.49. The summed E-state index contributed by atoms with van der Waals surface area (Å²) in [4.78, 5) is 0. The fourth-order valence-electron chi connectivity index (χ4n) is 4.80. The van der Waals surface area contributed by atoms with Gasteiger partial charge in [-0.2, -0.15) is 0 Å². The molecular weight excluding hydrogens is 336 g/mol. The summed E-state index contributed by atoms with van der Waals surface area (Å²) in [7, 11) is 0. The van der Waals surface area contributed by atoms with E-state index < -0.39 is 0 Å². The van der Waals surface area contributed by atoms with E-state index in [2.05, 4.69) is 120 Å². The van der Waals surface area contributed by atoms with Gasteiger partial charge in [0.15, 0.2) is 0 Å². The molecule has 0 unspecified atom stereocenters. The first kappa shape index (κ1) is 23.0. The van der Waals surface area contributed by atoms with Crippen molar-refractivity contribution in [3.63, 3.8) is 0 Å². The predicted molar refractivity (Wildman–Crippen MR) is 127 cm³/mol. The summed E-state index contributed by atoms with van der Waals surface area (Å²) in [6.45, 7) is 28.5. The molecular formula is C28H44. The average Bonchev–Trinajstić information content (AvgIpc) is 2.51. The Hall–Kier alpha value is -1.30. The summed E-state index contributed by atoms with van der Waals surface area (Å²) in [6.07, 6.45) is 6.23. The van der Waals surface area contributed by atoms with Crippen molar-refractivity contribution in [2.45, 2.75) is 94.9 Å². The van der Waals surface area contributed by atoms with Crippen LogP contribution in [0.4, 0.5) is 0 Å². The summed E-state index contributed by atoms with van der Waals surface area (Å²) in [5, 5.41) is 0. The first-order valence-electron chi connectivity index (χ1n) is 10.9. The molecule has 0 saturated carbocycles. The topological polar surface area (TPSA) is 0 Å². The van der Waals surface area contributed by atoms with Crippen molar-refractivity contribution in [3.8, 4) is 0 Å². The molecule has 0 saturated heterocycles. The Kier molecular flexibility index (Phi) is 5.66. The molecule has 0 heterocycles. The van der Waals surface area contributed by atoms with Crippen LogP contribution in [0.15, 0.2) is 42.0 Å². The van der Waals surface area contributed by atoms with Gasteiger partial charge in [0.05, 0.1) is 0 Å². The SMILES string of the molecule is CC(C)(C)C1=CC(c2cccc(C(C)(C)C)c2)=CC(C(C)(C)C)(C(C)(C)C)C1. The van der Waals surface area contributed by atoms with Crippen LogP contribution >= 0.6 is 0 Å². The summed E-state index contributed by atoms with van der Waals surface area (Å²) in [5.41, 5.74) is 6.49. The maximum absolute atomic E-state index is 2.62. The molecule has 0 N–H and O–H groups in total. The molecule has 0 spiro atoms. The molecule has 0 aromatic heterocycles. The van der Waals surface area contributed by atoms with Crippen molar-refractivity contribution < 1.29 is 0 Å². The van der Waals surface area contributed by atoms with E-state index in [0.717, 1.165) is 6.42 Å². The van der Waals surface area contributed by atoms with Crippen LogP contribution in [0.3, 0.4) is 0 Å². The van der Waals surface area contributed by atoms with Crippen molar-refractivity contribution in [3.05, 3.63) is 53.1 Å². The third kappa shape index (κ3) is 4.32. The van der Waals surface area contributed by atoms with Gasteiger partial charge in [-0.15, -0.1) is 0 Å². The highest BCUT2D eigenvalue weighted by atomic mass is 14.5.